The number of nitrogens with two attached hydrogens (primary N) is 1. The van der Waals surface area contributed by atoms with Crippen LogP contribution in [0.5, 0.6) is 0 Å². The van der Waals surface area contributed by atoms with E-state index in [0.717, 1.165) is 5.56 Å². The van der Waals surface area contributed by atoms with E-state index in [1.54, 1.807) is 17.0 Å². The summed E-state index contributed by atoms with van der Waals surface area (Å²) in [5, 5.41) is 2.77. The molecule has 1 aromatic carbocycles. The zero-order valence-electron chi connectivity index (χ0n) is 12.0. The number of nitrogens with one attached hydrogen (secondary N) is 1. The van der Waals surface area contributed by atoms with Gasteiger partial charge in [-0.1, -0.05) is 12.1 Å². The van der Waals surface area contributed by atoms with E-state index in [2.05, 4.69) is 5.32 Å². The van der Waals surface area contributed by atoms with Gasteiger partial charge in [0.1, 0.15) is 0 Å². The number of nitrogens with zero attached hydrogens (tertiary/aromatic N) is 1. The number of carbonyl (C=O) groups excluding carboxylic acids is 2. The second-order valence-corrected chi connectivity index (χ2v) is 5.01. The van der Waals surface area contributed by atoms with Gasteiger partial charge in [-0.15, -0.1) is 0 Å². The number of hydrogen-bond acceptors (Lipinski definition) is 4. The number of hydrogen-bond donors (Lipinski definition) is 2. The predicted molar refractivity (Wildman–Crippen MR) is 79.6 cm³/mol. The number of nitrogen functional groups attached to an aromatic ring is 1. The Morgan fingerprint density at radius 1 is 1.19 bits per heavy atom. The highest BCUT2D eigenvalue weighted by molar-refractivity contribution is 5.80. The molecule has 1 fully saturated rings. The Hall–Kier alpha value is -2.08. The number of rotatable bonds is 5. The molecule has 1 saturated heterocycles. The van der Waals surface area contributed by atoms with Crippen LogP contribution in [0, 0.1) is 0 Å². The van der Waals surface area contributed by atoms with Gasteiger partial charge in [-0.25, -0.2) is 0 Å². The summed E-state index contributed by atoms with van der Waals surface area (Å²) in [6.45, 7) is 2.82. The largest absolute Gasteiger partial charge is 0.399 e. The molecule has 6 heteroatoms. The Balaban J connectivity index is 1.66. The Morgan fingerprint density at radius 3 is 2.52 bits per heavy atom. The smallest absolute Gasteiger partial charge is 0.224 e. The lowest BCUT2D eigenvalue weighted by atomic mass is 10.1. The molecule has 1 aliphatic rings. The molecule has 21 heavy (non-hydrogen) atoms. The van der Waals surface area contributed by atoms with Gasteiger partial charge in [-0.2, -0.15) is 0 Å². The van der Waals surface area contributed by atoms with E-state index in [1.165, 1.54) is 0 Å². The van der Waals surface area contributed by atoms with E-state index in [1.807, 2.05) is 12.1 Å². The maximum Gasteiger partial charge on any atom is 0.224 e. The van der Waals surface area contributed by atoms with Crippen LogP contribution in [0.3, 0.4) is 0 Å². The summed E-state index contributed by atoms with van der Waals surface area (Å²) in [5.74, 6) is -0.0272. The van der Waals surface area contributed by atoms with Crippen LogP contribution in [0.15, 0.2) is 24.3 Å². The Bertz CT molecular complexity index is 481. The molecule has 6 nitrogen and oxygen atoms in total. The molecule has 0 spiro atoms. The number of carbonyl (C=O) groups is 2. The molecule has 2 rings (SSSR count). The maximum absolute atomic E-state index is 11.9. The van der Waals surface area contributed by atoms with Crippen molar-refractivity contribution in [2.24, 2.45) is 0 Å². The minimum Gasteiger partial charge on any atom is -0.399 e. The van der Waals surface area contributed by atoms with Crippen LogP contribution in [0.1, 0.15) is 12.0 Å². The van der Waals surface area contributed by atoms with E-state index >= 15 is 0 Å². The van der Waals surface area contributed by atoms with E-state index in [4.69, 9.17) is 10.5 Å². The summed E-state index contributed by atoms with van der Waals surface area (Å²) < 4.78 is 5.19. The monoisotopic (exact) mass is 291 g/mol. The zero-order chi connectivity index (χ0) is 15.1. The van der Waals surface area contributed by atoms with Gasteiger partial charge in [-0.3, -0.25) is 9.59 Å². The highest BCUT2D eigenvalue weighted by Crippen LogP contribution is 2.06. The van der Waals surface area contributed by atoms with Crippen molar-refractivity contribution in [2.75, 3.05) is 38.6 Å². The van der Waals surface area contributed by atoms with Gasteiger partial charge in [0, 0.05) is 31.7 Å². The van der Waals surface area contributed by atoms with Crippen LogP contribution >= 0.6 is 0 Å². The second-order valence-electron chi connectivity index (χ2n) is 5.01. The highest BCUT2D eigenvalue weighted by Gasteiger charge is 2.16. The molecule has 1 aliphatic heterocycles. The van der Waals surface area contributed by atoms with Crippen molar-refractivity contribution in [3.05, 3.63) is 29.8 Å². The minimum absolute atomic E-state index is 0.0612. The summed E-state index contributed by atoms with van der Waals surface area (Å²) in [5.41, 5.74) is 7.17. The SMILES string of the molecule is Nc1ccc(CC(=O)NCCC(=O)N2CCOCC2)cc1. The lowest BCUT2D eigenvalue weighted by Crippen LogP contribution is -2.42. The highest BCUT2D eigenvalue weighted by atomic mass is 16.5. The van der Waals surface area contributed by atoms with Crippen molar-refractivity contribution in [3.8, 4) is 0 Å². The third kappa shape index (κ3) is 5.07. The fraction of sp³-hybridized carbons (Fsp3) is 0.467. The molecule has 0 atom stereocenters. The van der Waals surface area contributed by atoms with Crippen molar-refractivity contribution in [2.45, 2.75) is 12.8 Å². The Kier molecular flexibility index (Phi) is 5.57. The van der Waals surface area contributed by atoms with Crippen LogP contribution in [0.2, 0.25) is 0 Å². The Labute approximate surface area is 124 Å². The van der Waals surface area contributed by atoms with E-state index in [9.17, 15) is 9.59 Å². The van der Waals surface area contributed by atoms with Crippen molar-refractivity contribution >= 4 is 17.5 Å². The molecule has 1 aromatic rings. The molecule has 0 aliphatic carbocycles. The summed E-state index contributed by atoms with van der Waals surface area (Å²) >= 11 is 0. The van der Waals surface area contributed by atoms with Gasteiger partial charge in [-0.05, 0) is 17.7 Å². The standard InChI is InChI=1S/C15H21N3O3/c16-13-3-1-12(2-4-13)11-14(19)17-6-5-15(20)18-7-9-21-10-8-18/h1-4H,5-11,16H2,(H,17,19). The van der Waals surface area contributed by atoms with Gasteiger partial charge >= 0.3 is 0 Å². The number of amides is 2. The molecule has 0 unspecified atom stereocenters. The molecule has 0 radical (unpaired) electrons. The molecule has 0 saturated carbocycles. The number of morpholine rings is 1. The predicted octanol–water partition coefficient (Wildman–Crippen LogP) is 0.176. The van der Waals surface area contributed by atoms with Crippen molar-refractivity contribution < 1.29 is 14.3 Å². The summed E-state index contributed by atoms with van der Waals surface area (Å²) in [4.78, 5) is 25.4. The van der Waals surface area contributed by atoms with Gasteiger partial charge < -0.3 is 20.7 Å². The van der Waals surface area contributed by atoms with E-state index < -0.39 is 0 Å². The van der Waals surface area contributed by atoms with Crippen LogP contribution < -0.4 is 11.1 Å². The first-order chi connectivity index (χ1) is 10.1. The summed E-state index contributed by atoms with van der Waals surface area (Å²) in [6, 6.07) is 7.19. The summed E-state index contributed by atoms with van der Waals surface area (Å²) in [7, 11) is 0. The Morgan fingerprint density at radius 2 is 1.86 bits per heavy atom. The number of anilines is 1. The quantitative estimate of drug-likeness (QED) is 0.758. The van der Waals surface area contributed by atoms with Gasteiger partial charge in [0.2, 0.25) is 11.8 Å². The minimum atomic E-state index is -0.0884. The number of ether oxygens (including phenoxy) is 1. The van der Waals surface area contributed by atoms with Crippen LogP contribution in [-0.2, 0) is 20.7 Å². The third-order valence-corrected chi connectivity index (χ3v) is 3.37. The van der Waals surface area contributed by atoms with Crippen molar-refractivity contribution in [3.63, 3.8) is 0 Å². The molecule has 114 valence electrons. The second kappa shape index (κ2) is 7.64. The molecular formula is C15H21N3O3. The average Bonchev–Trinajstić information content (AvgIpc) is 2.50. The molecule has 3 N–H and O–H groups in total. The zero-order valence-corrected chi connectivity index (χ0v) is 12.0. The van der Waals surface area contributed by atoms with E-state index in [0.29, 0.717) is 51.4 Å². The fourth-order valence-corrected chi connectivity index (χ4v) is 2.16. The normalized spacial score (nSPS) is 14.8. The molecule has 0 bridgehead atoms. The van der Waals surface area contributed by atoms with Gasteiger partial charge in [0.25, 0.3) is 0 Å². The fourth-order valence-electron chi connectivity index (χ4n) is 2.16. The molecular weight excluding hydrogens is 270 g/mol. The van der Waals surface area contributed by atoms with Crippen LogP contribution in [-0.4, -0.2) is 49.6 Å². The topological polar surface area (TPSA) is 84.7 Å². The van der Waals surface area contributed by atoms with Crippen LogP contribution in [0.25, 0.3) is 0 Å². The molecule has 2 amide bonds. The van der Waals surface area contributed by atoms with E-state index in [-0.39, 0.29) is 11.8 Å². The van der Waals surface area contributed by atoms with Crippen molar-refractivity contribution in [1.82, 2.24) is 10.2 Å². The first-order valence-electron chi connectivity index (χ1n) is 7.12. The molecule has 1 heterocycles. The maximum atomic E-state index is 11.9. The van der Waals surface area contributed by atoms with Gasteiger partial charge in [0.15, 0.2) is 0 Å². The third-order valence-electron chi connectivity index (χ3n) is 3.37. The van der Waals surface area contributed by atoms with Gasteiger partial charge in [0.05, 0.1) is 19.6 Å². The first-order valence-corrected chi connectivity index (χ1v) is 7.12. The molecule has 0 aromatic heterocycles. The van der Waals surface area contributed by atoms with Crippen LogP contribution in [0.4, 0.5) is 5.69 Å². The van der Waals surface area contributed by atoms with Crippen molar-refractivity contribution in [1.29, 1.82) is 0 Å². The number of benzene rings is 1. The first kappa shape index (κ1) is 15.3. The average molecular weight is 291 g/mol. The lowest BCUT2D eigenvalue weighted by Gasteiger charge is -2.26. The lowest BCUT2D eigenvalue weighted by molar-refractivity contribution is -0.135. The summed E-state index contributed by atoms with van der Waals surface area (Å²) in [6.07, 6.45) is 0.625.